The number of ether oxygens (including phenoxy) is 1. The van der Waals surface area contributed by atoms with Crippen molar-refractivity contribution in [2.24, 2.45) is 11.3 Å². The zero-order valence-corrected chi connectivity index (χ0v) is 25.0. The van der Waals surface area contributed by atoms with Gasteiger partial charge >= 0.3 is 24.0 Å². The highest BCUT2D eigenvalue weighted by atomic mass is 32.2. The lowest BCUT2D eigenvalue weighted by molar-refractivity contribution is -0.348. The minimum Gasteiger partial charge on any atom is -0.491 e. The number of halogens is 7. The molecular formula is C30H30F7NO6S. The van der Waals surface area contributed by atoms with Crippen molar-refractivity contribution in [1.29, 1.82) is 0 Å². The predicted molar refractivity (Wildman–Crippen MR) is 145 cm³/mol. The van der Waals surface area contributed by atoms with Crippen LogP contribution in [0.1, 0.15) is 55.7 Å². The lowest BCUT2D eigenvalue weighted by Crippen LogP contribution is -2.57. The number of rotatable bonds is 5. The fraction of sp³-hybridized carbons (Fsp3) is 0.533. The number of carbonyl (C=O) groups excluding carboxylic acids is 1. The summed E-state index contributed by atoms with van der Waals surface area (Å²) < 4.78 is 129. The van der Waals surface area contributed by atoms with Gasteiger partial charge in [-0.2, -0.15) is 26.3 Å². The molecule has 1 saturated heterocycles. The summed E-state index contributed by atoms with van der Waals surface area (Å²) in [7, 11) is -4.52. The second-order valence-electron chi connectivity index (χ2n) is 12.3. The van der Waals surface area contributed by atoms with E-state index >= 15 is 0 Å². The average Bonchev–Trinajstić information content (AvgIpc) is 3.37. The number of carbonyl (C=O) groups is 2. The summed E-state index contributed by atoms with van der Waals surface area (Å²) in [6.45, 7) is 2.61. The minimum atomic E-state index is -6.39. The van der Waals surface area contributed by atoms with Crippen LogP contribution in [0.5, 0.6) is 5.75 Å². The number of carboxylic acids is 1. The summed E-state index contributed by atoms with van der Waals surface area (Å²) in [6, 6.07) is 5.63. The Bertz CT molecular complexity index is 1600. The summed E-state index contributed by atoms with van der Waals surface area (Å²) in [5.41, 5.74) is -8.21. The lowest BCUT2D eigenvalue weighted by atomic mass is 9.70. The number of likely N-dealkylation sites (tertiary alicyclic amines) is 1. The number of hydrogen-bond donors (Lipinski definition) is 1. The van der Waals surface area contributed by atoms with E-state index in [1.54, 1.807) is 13.8 Å². The van der Waals surface area contributed by atoms with E-state index in [2.05, 4.69) is 0 Å². The molecule has 0 bridgehead atoms. The molecule has 2 aromatic carbocycles. The van der Waals surface area contributed by atoms with Gasteiger partial charge in [0, 0.05) is 23.1 Å². The molecular weight excluding hydrogens is 635 g/mol. The van der Waals surface area contributed by atoms with Crippen molar-refractivity contribution in [3.63, 3.8) is 0 Å². The van der Waals surface area contributed by atoms with Crippen LogP contribution in [0.25, 0.3) is 0 Å². The van der Waals surface area contributed by atoms with Gasteiger partial charge in [-0.1, -0.05) is 36.8 Å². The minimum absolute atomic E-state index is 0.144. The maximum atomic E-state index is 15.0. The standard InChI is InChI=1S/C30H30F7NO6S/c1-17-3-6-20(7-4-17)45(42,43)27-13-14-38(25(41)26(2)11-9-18(10-12-26)24(39)40)23(27)16-44-22-15-19(5-8-21(22)27)28(31,29(32,33)34)30(35,36)37/h3-8,15,18,23H,9-14,16H2,1-2H3,(H,39,40)/t18-,23?,26-,27?. The van der Waals surface area contributed by atoms with Gasteiger partial charge in [-0.15, -0.1) is 0 Å². The van der Waals surface area contributed by atoms with E-state index in [0.29, 0.717) is 11.6 Å². The Balaban J connectivity index is 1.64. The second kappa shape index (κ2) is 10.6. The number of aryl methyl sites for hydroxylation is 1. The van der Waals surface area contributed by atoms with E-state index in [1.807, 2.05) is 0 Å². The molecule has 2 aliphatic heterocycles. The third kappa shape index (κ3) is 4.87. The average molecular weight is 666 g/mol. The Morgan fingerprint density at radius 2 is 1.51 bits per heavy atom. The molecule has 1 amide bonds. The van der Waals surface area contributed by atoms with Gasteiger partial charge in [0.15, 0.2) is 9.84 Å². The van der Waals surface area contributed by atoms with Crippen LogP contribution in [-0.4, -0.2) is 61.8 Å². The SMILES string of the molecule is Cc1ccc(S(=O)(=O)C23CCN(C(=O)[C@]4(C)CC[C@@H](C(=O)O)CC4)C2COc2cc(C(F)(C(F)(F)F)C(F)(F)F)ccc23)cc1. The number of aliphatic carboxylic acids is 1. The Hall–Kier alpha value is -3.36. The van der Waals surface area contributed by atoms with Crippen LogP contribution in [0.15, 0.2) is 47.4 Å². The summed E-state index contributed by atoms with van der Waals surface area (Å²) in [4.78, 5) is 26.6. The molecule has 0 aromatic heterocycles. The number of hydrogen-bond acceptors (Lipinski definition) is 5. The van der Waals surface area contributed by atoms with E-state index in [-0.39, 0.29) is 61.2 Å². The molecule has 0 radical (unpaired) electrons. The van der Waals surface area contributed by atoms with Crippen molar-refractivity contribution < 1.29 is 58.6 Å². The first kappa shape index (κ1) is 33.0. The maximum absolute atomic E-state index is 15.0. The fourth-order valence-electron chi connectivity index (χ4n) is 6.95. The first-order valence-electron chi connectivity index (χ1n) is 14.2. The number of sulfone groups is 1. The molecule has 2 aromatic rings. The zero-order chi connectivity index (χ0) is 33.4. The topological polar surface area (TPSA) is 101 Å². The molecule has 2 unspecified atom stereocenters. The summed E-state index contributed by atoms with van der Waals surface area (Å²) in [5.74, 6) is -2.75. The van der Waals surface area contributed by atoms with E-state index in [0.717, 1.165) is 0 Å². The Morgan fingerprint density at radius 3 is 2.04 bits per heavy atom. The van der Waals surface area contributed by atoms with Gasteiger partial charge in [0.1, 0.15) is 17.1 Å². The van der Waals surface area contributed by atoms with Crippen molar-refractivity contribution >= 4 is 21.7 Å². The number of nitrogens with zero attached hydrogens (tertiary/aromatic N) is 1. The highest BCUT2D eigenvalue weighted by molar-refractivity contribution is 7.92. The Labute approximate surface area is 254 Å². The van der Waals surface area contributed by atoms with Crippen LogP contribution < -0.4 is 4.74 Å². The molecule has 0 spiro atoms. The highest BCUT2D eigenvalue weighted by Gasteiger charge is 2.74. The van der Waals surface area contributed by atoms with Crippen LogP contribution in [0.3, 0.4) is 0 Å². The quantitative estimate of drug-likeness (QED) is 0.381. The van der Waals surface area contributed by atoms with Gasteiger partial charge < -0.3 is 14.7 Å². The van der Waals surface area contributed by atoms with Gasteiger partial charge in [0.25, 0.3) is 0 Å². The van der Waals surface area contributed by atoms with Gasteiger partial charge in [0.2, 0.25) is 5.91 Å². The molecule has 1 saturated carbocycles. The lowest BCUT2D eigenvalue weighted by Gasteiger charge is -2.45. The molecule has 5 rings (SSSR count). The number of alkyl halides is 7. The molecule has 7 nitrogen and oxygen atoms in total. The molecule has 1 aliphatic carbocycles. The van der Waals surface area contributed by atoms with Crippen LogP contribution >= 0.6 is 0 Å². The van der Waals surface area contributed by atoms with Crippen molar-refractivity contribution in [3.05, 3.63) is 59.2 Å². The molecule has 45 heavy (non-hydrogen) atoms. The van der Waals surface area contributed by atoms with Gasteiger partial charge in [-0.3, -0.25) is 9.59 Å². The molecule has 15 heteroatoms. The third-order valence-corrected chi connectivity index (χ3v) is 12.2. The van der Waals surface area contributed by atoms with Crippen molar-refractivity contribution in [3.8, 4) is 5.75 Å². The van der Waals surface area contributed by atoms with Crippen molar-refractivity contribution in [2.45, 2.75) is 79.7 Å². The van der Waals surface area contributed by atoms with E-state index in [1.165, 1.54) is 29.2 Å². The number of benzene rings is 2. The van der Waals surface area contributed by atoms with E-state index < -0.39 is 79.8 Å². The van der Waals surface area contributed by atoms with E-state index in [9.17, 15) is 53.8 Å². The summed E-state index contributed by atoms with van der Waals surface area (Å²) >= 11 is 0. The normalized spacial score (nSPS) is 27.4. The molecule has 1 N–H and O–H groups in total. The van der Waals surface area contributed by atoms with Crippen LogP contribution in [0.4, 0.5) is 30.7 Å². The van der Waals surface area contributed by atoms with E-state index in [4.69, 9.17) is 4.74 Å². The monoisotopic (exact) mass is 665 g/mol. The van der Waals surface area contributed by atoms with Crippen molar-refractivity contribution in [1.82, 2.24) is 4.90 Å². The van der Waals surface area contributed by atoms with Crippen LogP contribution in [-0.2, 0) is 29.8 Å². The first-order chi connectivity index (χ1) is 20.7. The summed E-state index contributed by atoms with van der Waals surface area (Å²) in [5, 5.41) is 9.39. The van der Waals surface area contributed by atoms with Crippen LogP contribution in [0.2, 0.25) is 0 Å². The largest absolute Gasteiger partial charge is 0.491 e. The smallest absolute Gasteiger partial charge is 0.435 e. The maximum Gasteiger partial charge on any atom is 0.435 e. The first-order valence-corrected chi connectivity index (χ1v) is 15.6. The molecule has 2 heterocycles. The van der Waals surface area contributed by atoms with Crippen LogP contribution in [0, 0.1) is 18.3 Å². The molecule has 2 atom stereocenters. The number of carboxylic acid groups (broad SMARTS) is 1. The van der Waals surface area contributed by atoms with Gasteiger partial charge in [-0.25, -0.2) is 12.8 Å². The van der Waals surface area contributed by atoms with Gasteiger partial charge in [0.05, 0.1) is 16.9 Å². The number of amides is 1. The third-order valence-electron chi connectivity index (χ3n) is 9.68. The zero-order valence-electron chi connectivity index (χ0n) is 24.1. The number of fused-ring (bicyclic) bond motifs is 3. The van der Waals surface area contributed by atoms with Gasteiger partial charge in [-0.05, 0) is 57.2 Å². The van der Waals surface area contributed by atoms with Crippen molar-refractivity contribution in [2.75, 3.05) is 13.2 Å². The Kier molecular flexibility index (Phi) is 7.77. The predicted octanol–water partition coefficient (Wildman–Crippen LogP) is 6.23. The molecule has 3 aliphatic rings. The fourth-order valence-corrected chi connectivity index (χ4v) is 9.24. The molecule has 2 fully saturated rings. The highest BCUT2D eigenvalue weighted by Crippen LogP contribution is 2.58. The summed E-state index contributed by atoms with van der Waals surface area (Å²) in [6.07, 6.45) is -12.2. The molecule has 246 valence electrons. The Morgan fingerprint density at radius 1 is 0.933 bits per heavy atom. The second-order valence-corrected chi connectivity index (χ2v) is 14.5.